The first-order valence-electron chi connectivity index (χ1n) is 9.31. The Bertz CT molecular complexity index is 1040. The van der Waals surface area contributed by atoms with Crippen LogP contribution >= 0.6 is 11.6 Å². The largest absolute Gasteiger partial charge is 0.492 e. The van der Waals surface area contributed by atoms with Crippen molar-refractivity contribution in [2.24, 2.45) is 5.92 Å². The zero-order valence-electron chi connectivity index (χ0n) is 15.6. The quantitative estimate of drug-likeness (QED) is 0.738. The van der Waals surface area contributed by atoms with E-state index in [9.17, 15) is 17.6 Å². The number of hydrogen-bond donors (Lipinski definition) is 0. The highest BCUT2D eigenvalue weighted by Crippen LogP contribution is 2.31. The van der Waals surface area contributed by atoms with E-state index in [0.717, 1.165) is 17.4 Å². The van der Waals surface area contributed by atoms with Gasteiger partial charge in [-0.25, -0.2) is 12.8 Å². The van der Waals surface area contributed by atoms with Gasteiger partial charge in [-0.05, 0) is 42.3 Å². The maximum absolute atomic E-state index is 13.9. The first kappa shape index (κ1) is 20.1. The summed E-state index contributed by atoms with van der Waals surface area (Å²) in [5.41, 5.74) is 0.892. The van der Waals surface area contributed by atoms with E-state index < -0.39 is 15.8 Å². The highest BCUT2D eigenvalue weighted by Gasteiger charge is 2.35. The number of carbonyl (C=O) groups excluding carboxylic acids is 1. The number of hydrogen-bond acceptors (Lipinski definition) is 4. The van der Waals surface area contributed by atoms with Crippen LogP contribution in [0.15, 0.2) is 47.4 Å². The minimum atomic E-state index is -3.93. The number of fused-ring (bicyclic) bond motifs is 1. The molecular formula is C20H20ClFN2O4S. The van der Waals surface area contributed by atoms with Crippen molar-refractivity contribution in [3.8, 4) is 5.75 Å². The molecule has 29 heavy (non-hydrogen) atoms. The lowest BCUT2D eigenvalue weighted by atomic mass is 9.95. The monoisotopic (exact) mass is 438 g/mol. The van der Waals surface area contributed by atoms with Crippen molar-refractivity contribution < 1.29 is 22.3 Å². The molecule has 0 radical (unpaired) electrons. The molecule has 0 bridgehead atoms. The molecule has 2 aliphatic rings. The van der Waals surface area contributed by atoms with Crippen LogP contribution in [0.5, 0.6) is 5.75 Å². The van der Waals surface area contributed by atoms with Crippen molar-refractivity contribution >= 4 is 27.5 Å². The molecule has 9 heteroatoms. The summed E-state index contributed by atoms with van der Waals surface area (Å²) in [5, 5.41) is 0.590. The molecule has 4 rings (SSSR count). The predicted octanol–water partition coefficient (Wildman–Crippen LogP) is 2.56. The van der Waals surface area contributed by atoms with Crippen LogP contribution < -0.4 is 4.74 Å². The van der Waals surface area contributed by atoms with Crippen LogP contribution in [0.3, 0.4) is 0 Å². The third kappa shape index (κ3) is 3.97. The average Bonchev–Trinajstić information content (AvgIpc) is 2.73. The van der Waals surface area contributed by atoms with Crippen molar-refractivity contribution in [2.45, 2.75) is 11.3 Å². The van der Waals surface area contributed by atoms with E-state index >= 15 is 0 Å². The number of piperazine rings is 1. The van der Waals surface area contributed by atoms with Gasteiger partial charge >= 0.3 is 0 Å². The molecule has 6 nitrogen and oxygen atoms in total. The summed E-state index contributed by atoms with van der Waals surface area (Å²) in [7, 11) is -3.93. The van der Waals surface area contributed by atoms with Gasteiger partial charge in [0, 0.05) is 31.2 Å². The second kappa shape index (κ2) is 7.93. The van der Waals surface area contributed by atoms with Gasteiger partial charge in [0.1, 0.15) is 23.1 Å². The zero-order valence-corrected chi connectivity index (χ0v) is 17.1. The molecule has 0 unspecified atom stereocenters. The Balaban J connectivity index is 1.41. The summed E-state index contributed by atoms with van der Waals surface area (Å²) < 4.78 is 46.3. The number of benzene rings is 2. The predicted molar refractivity (Wildman–Crippen MR) is 106 cm³/mol. The molecule has 0 spiro atoms. The molecule has 2 aromatic carbocycles. The Kier molecular flexibility index (Phi) is 5.50. The van der Waals surface area contributed by atoms with Crippen LogP contribution in [-0.2, 0) is 21.2 Å². The lowest BCUT2D eigenvalue weighted by Gasteiger charge is -2.36. The molecule has 1 amide bonds. The van der Waals surface area contributed by atoms with Gasteiger partial charge < -0.3 is 9.64 Å². The van der Waals surface area contributed by atoms with Crippen LogP contribution in [0.2, 0.25) is 5.02 Å². The van der Waals surface area contributed by atoms with Crippen molar-refractivity contribution in [3.63, 3.8) is 0 Å². The summed E-state index contributed by atoms with van der Waals surface area (Å²) in [6.45, 7) is 1.04. The fourth-order valence-electron chi connectivity index (χ4n) is 3.72. The summed E-state index contributed by atoms with van der Waals surface area (Å²) in [6.07, 6.45) is 0.530. The topological polar surface area (TPSA) is 66.9 Å². The van der Waals surface area contributed by atoms with E-state index in [2.05, 4.69) is 0 Å². The fourth-order valence-corrected chi connectivity index (χ4v) is 5.40. The van der Waals surface area contributed by atoms with Gasteiger partial charge in [-0.2, -0.15) is 4.31 Å². The Morgan fingerprint density at radius 3 is 2.55 bits per heavy atom. The molecule has 2 aliphatic heterocycles. The average molecular weight is 439 g/mol. The van der Waals surface area contributed by atoms with E-state index in [1.54, 1.807) is 23.1 Å². The molecule has 1 saturated heterocycles. The SMILES string of the molecule is O=C([C@H]1COc2ccc(Cl)cc2C1)N1CCN(S(=O)(=O)c2ccccc2F)CC1. The molecule has 2 aromatic rings. The first-order valence-corrected chi connectivity index (χ1v) is 11.1. The molecule has 154 valence electrons. The number of nitrogens with zero attached hydrogens (tertiary/aromatic N) is 2. The number of amides is 1. The van der Waals surface area contributed by atoms with Gasteiger partial charge in [0.05, 0.1) is 5.92 Å². The third-order valence-electron chi connectivity index (χ3n) is 5.28. The molecular weight excluding hydrogens is 419 g/mol. The van der Waals surface area contributed by atoms with E-state index in [4.69, 9.17) is 16.3 Å². The highest BCUT2D eigenvalue weighted by atomic mass is 35.5. The van der Waals surface area contributed by atoms with Gasteiger partial charge in [0.15, 0.2) is 0 Å². The lowest BCUT2D eigenvalue weighted by Crippen LogP contribution is -2.53. The standard InChI is InChI=1S/C20H20ClFN2O4S/c21-16-5-6-18-14(12-16)11-15(13-28-18)20(25)23-7-9-24(10-8-23)29(26,27)19-4-2-1-3-17(19)22/h1-6,12,15H,7-11,13H2/t15-/m1/s1. The molecule has 0 aromatic heterocycles. The molecule has 1 fully saturated rings. The minimum Gasteiger partial charge on any atom is -0.492 e. The summed E-state index contributed by atoms with van der Waals surface area (Å²) in [4.78, 5) is 14.2. The molecule has 0 aliphatic carbocycles. The van der Waals surface area contributed by atoms with E-state index in [1.165, 1.54) is 22.5 Å². The molecule has 1 atom stereocenters. The van der Waals surface area contributed by atoms with Crippen molar-refractivity contribution in [1.29, 1.82) is 0 Å². The van der Waals surface area contributed by atoms with Gasteiger partial charge in [-0.15, -0.1) is 0 Å². The van der Waals surface area contributed by atoms with E-state index in [1.807, 2.05) is 0 Å². The Morgan fingerprint density at radius 2 is 1.83 bits per heavy atom. The second-order valence-electron chi connectivity index (χ2n) is 7.12. The van der Waals surface area contributed by atoms with Crippen molar-refractivity contribution in [1.82, 2.24) is 9.21 Å². The maximum Gasteiger partial charge on any atom is 0.246 e. The zero-order chi connectivity index (χ0) is 20.6. The molecule has 2 heterocycles. The van der Waals surface area contributed by atoms with Crippen LogP contribution in [0, 0.1) is 11.7 Å². The Hall–Kier alpha value is -2.16. The Labute approximate surface area is 173 Å². The summed E-state index contributed by atoms with van der Waals surface area (Å²) >= 11 is 6.03. The number of halogens is 2. The molecule has 0 N–H and O–H groups in total. The van der Waals surface area contributed by atoms with Crippen LogP contribution in [0.4, 0.5) is 4.39 Å². The van der Waals surface area contributed by atoms with Gasteiger partial charge in [0.2, 0.25) is 15.9 Å². The van der Waals surface area contributed by atoms with Crippen LogP contribution in [-0.4, -0.2) is 56.3 Å². The van der Waals surface area contributed by atoms with E-state index in [0.29, 0.717) is 11.4 Å². The van der Waals surface area contributed by atoms with Crippen LogP contribution in [0.1, 0.15) is 5.56 Å². The fraction of sp³-hybridized carbons (Fsp3) is 0.350. The lowest BCUT2D eigenvalue weighted by molar-refractivity contribution is -0.138. The first-order chi connectivity index (χ1) is 13.9. The van der Waals surface area contributed by atoms with Gasteiger partial charge in [-0.1, -0.05) is 23.7 Å². The maximum atomic E-state index is 13.9. The number of sulfonamides is 1. The Morgan fingerprint density at radius 1 is 1.10 bits per heavy atom. The third-order valence-corrected chi connectivity index (χ3v) is 7.45. The normalized spacial score (nSPS) is 20.1. The summed E-state index contributed by atoms with van der Waals surface area (Å²) in [6, 6.07) is 10.7. The van der Waals surface area contributed by atoms with Crippen molar-refractivity contribution in [2.75, 3.05) is 32.8 Å². The summed E-state index contributed by atoms with van der Waals surface area (Å²) in [5.74, 6) is -0.448. The second-order valence-corrected chi connectivity index (χ2v) is 9.47. The van der Waals surface area contributed by atoms with Crippen LogP contribution in [0.25, 0.3) is 0 Å². The van der Waals surface area contributed by atoms with E-state index in [-0.39, 0.29) is 49.5 Å². The number of ether oxygens (including phenoxy) is 1. The number of carbonyl (C=O) groups is 1. The smallest absolute Gasteiger partial charge is 0.246 e. The highest BCUT2D eigenvalue weighted by molar-refractivity contribution is 7.89. The van der Waals surface area contributed by atoms with Crippen molar-refractivity contribution in [3.05, 3.63) is 58.9 Å². The molecule has 0 saturated carbocycles. The number of rotatable bonds is 3. The van der Waals surface area contributed by atoms with Gasteiger partial charge in [-0.3, -0.25) is 4.79 Å². The minimum absolute atomic E-state index is 0.0708. The van der Waals surface area contributed by atoms with Gasteiger partial charge in [0.25, 0.3) is 0 Å².